The minimum Gasteiger partial charge on any atom is -0.207 e. The van der Waals surface area contributed by atoms with E-state index in [0.29, 0.717) is 10.6 Å². The highest BCUT2D eigenvalue weighted by Crippen LogP contribution is 2.24. The highest BCUT2D eigenvalue weighted by Gasteiger charge is 2.07. The Bertz CT molecular complexity index is 271. The summed E-state index contributed by atoms with van der Waals surface area (Å²) in [6.45, 7) is 1.82. The van der Waals surface area contributed by atoms with Gasteiger partial charge in [0.05, 0.1) is 10.9 Å². The summed E-state index contributed by atoms with van der Waals surface area (Å²) in [6.07, 6.45) is 0. The Hall–Kier alpha value is -0.270. The highest BCUT2D eigenvalue weighted by molar-refractivity contribution is 6.33. The molecule has 0 nitrogen and oxygen atoms in total. The maximum absolute atomic E-state index is 12.9. The van der Waals surface area contributed by atoms with E-state index in [2.05, 4.69) is 0 Å². The fourth-order valence-corrected chi connectivity index (χ4v) is 1.39. The number of alkyl halides is 1. The maximum atomic E-state index is 12.9. The molecule has 0 aliphatic heterocycles. The zero-order chi connectivity index (χ0) is 8.43. The molecule has 0 spiro atoms. The van der Waals surface area contributed by atoms with Crippen molar-refractivity contribution >= 4 is 23.2 Å². The third-order valence-electron chi connectivity index (χ3n) is 1.51. The summed E-state index contributed by atoms with van der Waals surface area (Å²) in [4.78, 5) is 0. The van der Waals surface area contributed by atoms with Crippen molar-refractivity contribution in [3.05, 3.63) is 34.1 Å². The molecule has 0 N–H and O–H groups in total. The van der Waals surface area contributed by atoms with Gasteiger partial charge in [-0.05, 0) is 18.6 Å². The largest absolute Gasteiger partial charge is 0.207 e. The van der Waals surface area contributed by atoms with Crippen LogP contribution in [0.3, 0.4) is 0 Å². The first-order valence-electron chi connectivity index (χ1n) is 3.16. The van der Waals surface area contributed by atoms with Crippen molar-refractivity contribution in [3.63, 3.8) is 0 Å². The normalized spacial score (nSPS) is 10.2. The first kappa shape index (κ1) is 8.82. The van der Waals surface area contributed by atoms with Crippen LogP contribution in [-0.4, -0.2) is 0 Å². The predicted molar refractivity (Wildman–Crippen MR) is 45.7 cm³/mol. The van der Waals surface area contributed by atoms with Crippen LogP contribution >= 0.6 is 23.2 Å². The molecule has 0 unspecified atom stereocenters. The van der Waals surface area contributed by atoms with Gasteiger partial charge in [0.1, 0.15) is 5.82 Å². The molecular weight excluding hydrogens is 186 g/mol. The Morgan fingerprint density at radius 1 is 1.45 bits per heavy atom. The van der Waals surface area contributed by atoms with Crippen LogP contribution in [0.15, 0.2) is 12.1 Å². The predicted octanol–water partition coefficient (Wildman–Crippen LogP) is 3.53. The third kappa shape index (κ3) is 1.66. The van der Waals surface area contributed by atoms with Crippen LogP contribution in [0.1, 0.15) is 11.1 Å². The van der Waals surface area contributed by atoms with Gasteiger partial charge in [-0.2, -0.15) is 0 Å². The quantitative estimate of drug-likeness (QED) is 0.598. The van der Waals surface area contributed by atoms with Crippen molar-refractivity contribution in [2.45, 2.75) is 12.8 Å². The Morgan fingerprint density at radius 2 is 2.09 bits per heavy atom. The van der Waals surface area contributed by atoms with Gasteiger partial charge in [0, 0.05) is 5.56 Å². The van der Waals surface area contributed by atoms with Crippen LogP contribution in [-0.2, 0) is 5.88 Å². The van der Waals surface area contributed by atoms with E-state index in [9.17, 15) is 4.39 Å². The molecule has 0 aliphatic rings. The molecule has 11 heavy (non-hydrogen) atoms. The van der Waals surface area contributed by atoms with Crippen LogP contribution in [0.2, 0.25) is 5.02 Å². The lowest BCUT2D eigenvalue weighted by atomic mass is 10.1. The van der Waals surface area contributed by atoms with Gasteiger partial charge in [0.25, 0.3) is 0 Å². The lowest BCUT2D eigenvalue weighted by Crippen LogP contribution is -1.89. The number of benzene rings is 1. The average Bonchev–Trinajstić information content (AvgIpc) is 1.99. The Kier molecular flexibility index (Phi) is 2.74. The van der Waals surface area contributed by atoms with Crippen LogP contribution in [0.5, 0.6) is 0 Å². The van der Waals surface area contributed by atoms with E-state index in [1.807, 2.05) is 6.92 Å². The number of aryl methyl sites for hydroxylation is 1. The van der Waals surface area contributed by atoms with Crippen molar-refractivity contribution in [2.24, 2.45) is 0 Å². The number of rotatable bonds is 1. The number of halogens is 3. The molecule has 0 aromatic heterocycles. The Balaban J connectivity index is 3.29. The lowest BCUT2D eigenvalue weighted by Gasteiger charge is -2.03. The average molecular weight is 193 g/mol. The smallest absolute Gasteiger partial charge is 0.129 e. The summed E-state index contributed by atoms with van der Waals surface area (Å²) >= 11 is 11.3. The molecule has 1 aromatic carbocycles. The summed E-state index contributed by atoms with van der Waals surface area (Å²) in [6, 6.07) is 3.01. The first-order valence-corrected chi connectivity index (χ1v) is 4.07. The molecule has 0 bridgehead atoms. The molecule has 0 atom stereocenters. The molecule has 0 amide bonds. The molecule has 0 saturated carbocycles. The number of hydrogen-bond donors (Lipinski definition) is 0. The summed E-state index contributed by atoms with van der Waals surface area (Å²) in [5.41, 5.74) is 1.23. The standard InChI is InChI=1S/C8H7Cl2F/c1-5-2-3-7(11)6(4-9)8(5)10/h2-3H,4H2,1H3. The molecule has 0 heterocycles. The van der Waals surface area contributed by atoms with Crippen molar-refractivity contribution < 1.29 is 4.39 Å². The van der Waals surface area contributed by atoms with Crippen LogP contribution in [0, 0.1) is 12.7 Å². The van der Waals surface area contributed by atoms with E-state index in [4.69, 9.17) is 23.2 Å². The Morgan fingerprint density at radius 3 is 2.55 bits per heavy atom. The van der Waals surface area contributed by atoms with Crippen molar-refractivity contribution in [1.29, 1.82) is 0 Å². The lowest BCUT2D eigenvalue weighted by molar-refractivity contribution is 0.616. The molecule has 0 fully saturated rings. The molecule has 1 rings (SSSR count). The molecule has 60 valence electrons. The maximum Gasteiger partial charge on any atom is 0.129 e. The molecule has 0 saturated heterocycles. The van der Waals surface area contributed by atoms with Gasteiger partial charge < -0.3 is 0 Å². The molecule has 1 aromatic rings. The minimum atomic E-state index is -0.337. The molecular formula is C8H7Cl2F. The van der Waals surface area contributed by atoms with E-state index in [-0.39, 0.29) is 11.7 Å². The zero-order valence-electron chi connectivity index (χ0n) is 6.00. The first-order chi connectivity index (χ1) is 5.16. The third-order valence-corrected chi connectivity index (χ3v) is 2.31. The minimum absolute atomic E-state index is 0.117. The van der Waals surface area contributed by atoms with Crippen molar-refractivity contribution in [2.75, 3.05) is 0 Å². The second-order valence-corrected chi connectivity index (χ2v) is 2.94. The second-order valence-electron chi connectivity index (χ2n) is 2.29. The summed E-state index contributed by atoms with van der Waals surface area (Å²) in [7, 11) is 0. The fraction of sp³-hybridized carbons (Fsp3) is 0.250. The highest BCUT2D eigenvalue weighted by atomic mass is 35.5. The zero-order valence-corrected chi connectivity index (χ0v) is 7.51. The van der Waals surface area contributed by atoms with Gasteiger partial charge in [-0.1, -0.05) is 17.7 Å². The SMILES string of the molecule is Cc1ccc(F)c(CCl)c1Cl. The second kappa shape index (κ2) is 3.42. The van der Waals surface area contributed by atoms with E-state index >= 15 is 0 Å². The van der Waals surface area contributed by atoms with Gasteiger partial charge in [-0.3, -0.25) is 0 Å². The molecule has 0 aliphatic carbocycles. The van der Waals surface area contributed by atoms with Gasteiger partial charge in [-0.25, -0.2) is 4.39 Å². The summed E-state index contributed by atoms with van der Waals surface area (Å²) in [5, 5.41) is 0.431. The van der Waals surface area contributed by atoms with Crippen LogP contribution < -0.4 is 0 Å². The van der Waals surface area contributed by atoms with Crippen LogP contribution in [0.4, 0.5) is 4.39 Å². The van der Waals surface area contributed by atoms with Crippen LogP contribution in [0.25, 0.3) is 0 Å². The molecule has 0 radical (unpaired) electrons. The van der Waals surface area contributed by atoms with Crippen molar-refractivity contribution in [3.8, 4) is 0 Å². The number of hydrogen-bond acceptors (Lipinski definition) is 0. The summed E-state index contributed by atoms with van der Waals surface area (Å²) < 4.78 is 12.9. The van der Waals surface area contributed by atoms with E-state index in [0.717, 1.165) is 5.56 Å². The van der Waals surface area contributed by atoms with E-state index in [1.165, 1.54) is 6.07 Å². The topological polar surface area (TPSA) is 0 Å². The summed E-state index contributed by atoms with van der Waals surface area (Å²) in [5.74, 6) is -0.220. The van der Waals surface area contributed by atoms with Gasteiger partial charge in [0.15, 0.2) is 0 Å². The Labute approximate surface area is 74.9 Å². The van der Waals surface area contributed by atoms with Gasteiger partial charge in [-0.15, -0.1) is 11.6 Å². The van der Waals surface area contributed by atoms with Gasteiger partial charge >= 0.3 is 0 Å². The van der Waals surface area contributed by atoms with E-state index in [1.54, 1.807) is 6.07 Å². The van der Waals surface area contributed by atoms with Crippen molar-refractivity contribution in [1.82, 2.24) is 0 Å². The van der Waals surface area contributed by atoms with Gasteiger partial charge in [0.2, 0.25) is 0 Å². The fourth-order valence-electron chi connectivity index (χ4n) is 0.837. The van der Waals surface area contributed by atoms with E-state index < -0.39 is 0 Å². The monoisotopic (exact) mass is 192 g/mol. The molecule has 3 heteroatoms.